The quantitative estimate of drug-likeness (QED) is 0.587. The molecule has 2 aromatic carbocycles. The van der Waals surface area contributed by atoms with Gasteiger partial charge < -0.3 is 15.4 Å². The maximum absolute atomic E-state index is 12.4. The number of carbonyl (C=O) groups is 2. The predicted octanol–water partition coefficient (Wildman–Crippen LogP) is 4.21. The van der Waals surface area contributed by atoms with Crippen molar-refractivity contribution in [3.05, 3.63) is 77.7 Å². The molecule has 0 aliphatic heterocycles. The van der Waals surface area contributed by atoms with Gasteiger partial charge in [0.05, 0.1) is 30.3 Å². The van der Waals surface area contributed by atoms with Crippen LogP contribution in [-0.4, -0.2) is 28.5 Å². The molecule has 1 amide bonds. The van der Waals surface area contributed by atoms with Gasteiger partial charge in [0.1, 0.15) is 11.5 Å². The lowest BCUT2D eigenvalue weighted by Crippen LogP contribution is -2.14. The lowest BCUT2D eigenvalue weighted by molar-refractivity contribution is 0.0527. The van der Waals surface area contributed by atoms with Crippen molar-refractivity contribution in [3.63, 3.8) is 0 Å². The summed E-state index contributed by atoms with van der Waals surface area (Å²) in [6.07, 6.45) is 3.76. The first-order valence-electron chi connectivity index (χ1n) is 9.36. The molecular formula is C22H22N4O3. The van der Waals surface area contributed by atoms with E-state index in [2.05, 4.69) is 27.5 Å². The molecule has 0 fully saturated rings. The van der Waals surface area contributed by atoms with E-state index in [1.54, 1.807) is 31.2 Å². The fourth-order valence-corrected chi connectivity index (χ4v) is 2.65. The summed E-state index contributed by atoms with van der Waals surface area (Å²) in [5.41, 5.74) is 3.02. The number of rotatable bonds is 7. The van der Waals surface area contributed by atoms with Crippen LogP contribution in [0.3, 0.4) is 0 Å². The van der Waals surface area contributed by atoms with Crippen LogP contribution in [0.25, 0.3) is 0 Å². The van der Waals surface area contributed by atoms with Crippen molar-refractivity contribution in [2.75, 3.05) is 17.2 Å². The van der Waals surface area contributed by atoms with Gasteiger partial charge in [0.15, 0.2) is 0 Å². The van der Waals surface area contributed by atoms with Crippen molar-refractivity contribution in [1.82, 2.24) is 9.97 Å². The van der Waals surface area contributed by atoms with Crippen molar-refractivity contribution in [3.8, 4) is 0 Å². The number of esters is 1. The van der Waals surface area contributed by atoms with Crippen molar-refractivity contribution < 1.29 is 14.3 Å². The third-order valence-corrected chi connectivity index (χ3v) is 4.19. The Morgan fingerprint density at radius 2 is 1.72 bits per heavy atom. The lowest BCUT2D eigenvalue weighted by atomic mass is 10.1. The Hall–Kier alpha value is -3.74. The molecule has 7 nitrogen and oxygen atoms in total. The molecule has 7 heteroatoms. The second kappa shape index (κ2) is 9.45. The molecule has 1 heterocycles. The number of hydrogen-bond donors (Lipinski definition) is 2. The third kappa shape index (κ3) is 5.16. The molecule has 0 radical (unpaired) electrons. The van der Waals surface area contributed by atoms with Gasteiger partial charge in [0.2, 0.25) is 0 Å². The van der Waals surface area contributed by atoms with Crippen LogP contribution < -0.4 is 10.6 Å². The standard InChI is InChI=1S/C22H22N4O3/c1-3-15-9-11-16(12-10-15)25-21(27)19-13-24-20(14-23-19)26-18-8-6-5-7-17(18)22(28)29-4-2/h5-14H,3-4H2,1-2H3,(H,24,26)(H,25,27). The largest absolute Gasteiger partial charge is 0.462 e. The summed E-state index contributed by atoms with van der Waals surface area (Å²) in [7, 11) is 0. The van der Waals surface area contributed by atoms with Gasteiger partial charge in [-0.1, -0.05) is 31.2 Å². The number of nitrogens with zero attached hydrogens (tertiary/aromatic N) is 2. The summed E-state index contributed by atoms with van der Waals surface area (Å²) < 4.78 is 5.06. The van der Waals surface area contributed by atoms with Crippen molar-refractivity contribution in [2.45, 2.75) is 20.3 Å². The van der Waals surface area contributed by atoms with Gasteiger partial charge in [-0.15, -0.1) is 0 Å². The third-order valence-electron chi connectivity index (χ3n) is 4.19. The molecule has 0 atom stereocenters. The zero-order valence-electron chi connectivity index (χ0n) is 16.3. The van der Waals surface area contributed by atoms with Crippen LogP contribution in [0.2, 0.25) is 0 Å². The summed E-state index contributed by atoms with van der Waals surface area (Å²) in [6, 6.07) is 14.6. The smallest absolute Gasteiger partial charge is 0.340 e. The Labute approximate surface area is 169 Å². The number of benzene rings is 2. The van der Waals surface area contributed by atoms with Crippen LogP contribution in [-0.2, 0) is 11.2 Å². The number of hydrogen-bond acceptors (Lipinski definition) is 6. The van der Waals surface area contributed by atoms with E-state index in [4.69, 9.17) is 4.74 Å². The molecule has 0 bridgehead atoms. The molecule has 0 unspecified atom stereocenters. The second-order valence-corrected chi connectivity index (χ2v) is 6.18. The molecule has 3 rings (SSSR count). The highest BCUT2D eigenvalue weighted by atomic mass is 16.5. The lowest BCUT2D eigenvalue weighted by Gasteiger charge is -2.11. The summed E-state index contributed by atoms with van der Waals surface area (Å²) in [5.74, 6) is -0.362. The SMILES string of the molecule is CCOC(=O)c1ccccc1Nc1cnc(C(=O)Nc2ccc(CC)cc2)cn1. The van der Waals surface area contributed by atoms with E-state index in [0.29, 0.717) is 22.8 Å². The Balaban J connectivity index is 1.69. The van der Waals surface area contributed by atoms with Gasteiger partial charge in [-0.25, -0.2) is 14.8 Å². The average Bonchev–Trinajstić information content (AvgIpc) is 2.75. The van der Waals surface area contributed by atoms with E-state index in [1.165, 1.54) is 18.0 Å². The van der Waals surface area contributed by atoms with Gasteiger partial charge in [-0.2, -0.15) is 0 Å². The van der Waals surface area contributed by atoms with Crippen LogP contribution in [0.5, 0.6) is 0 Å². The number of carbonyl (C=O) groups excluding carboxylic acids is 2. The molecule has 0 aliphatic carbocycles. The Kier molecular flexibility index (Phi) is 6.52. The topological polar surface area (TPSA) is 93.2 Å². The summed E-state index contributed by atoms with van der Waals surface area (Å²) >= 11 is 0. The monoisotopic (exact) mass is 390 g/mol. The van der Waals surface area contributed by atoms with Crippen molar-refractivity contribution in [1.29, 1.82) is 0 Å². The summed E-state index contributed by atoms with van der Waals surface area (Å²) in [6.45, 7) is 4.11. The van der Waals surface area contributed by atoms with Gasteiger partial charge in [-0.3, -0.25) is 4.79 Å². The fraction of sp³-hybridized carbons (Fsp3) is 0.182. The Morgan fingerprint density at radius 1 is 0.966 bits per heavy atom. The van der Waals surface area contributed by atoms with Crippen molar-refractivity contribution >= 4 is 29.1 Å². The highest BCUT2D eigenvalue weighted by Gasteiger charge is 2.13. The minimum atomic E-state index is -0.423. The molecule has 2 N–H and O–H groups in total. The van der Waals surface area contributed by atoms with Crippen LogP contribution in [0.4, 0.5) is 17.2 Å². The number of para-hydroxylation sites is 1. The highest BCUT2D eigenvalue weighted by molar-refractivity contribution is 6.02. The maximum Gasteiger partial charge on any atom is 0.340 e. The van der Waals surface area contributed by atoms with Gasteiger partial charge >= 0.3 is 5.97 Å². The van der Waals surface area contributed by atoms with Crippen molar-refractivity contribution in [2.24, 2.45) is 0 Å². The van der Waals surface area contributed by atoms with Crippen LogP contribution in [0, 0.1) is 0 Å². The van der Waals surface area contributed by atoms with E-state index in [-0.39, 0.29) is 18.2 Å². The molecular weight excluding hydrogens is 368 g/mol. The average molecular weight is 390 g/mol. The minimum Gasteiger partial charge on any atom is -0.462 e. The van der Waals surface area contributed by atoms with Crippen LogP contribution in [0.1, 0.15) is 40.3 Å². The second-order valence-electron chi connectivity index (χ2n) is 6.18. The zero-order valence-corrected chi connectivity index (χ0v) is 16.3. The minimum absolute atomic E-state index is 0.189. The number of ether oxygens (including phenoxy) is 1. The van der Waals surface area contributed by atoms with Crippen LogP contribution >= 0.6 is 0 Å². The highest BCUT2D eigenvalue weighted by Crippen LogP contribution is 2.20. The number of nitrogens with one attached hydrogen (secondary N) is 2. The number of aromatic nitrogens is 2. The molecule has 0 saturated carbocycles. The van der Waals surface area contributed by atoms with E-state index in [9.17, 15) is 9.59 Å². The zero-order chi connectivity index (χ0) is 20.6. The molecule has 29 heavy (non-hydrogen) atoms. The molecule has 1 aromatic heterocycles. The summed E-state index contributed by atoms with van der Waals surface area (Å²) in [4.78, 5) is 32.8. The van der Waals surface area contributed by atoms with Gasteiger partial charge in [-0.05, 0) is 43.2 Å². The fourth-order valence-electron chi connectivity index (χ4n) is 2.65. The molecule has 148 valence electrons. The van der Waals surface area contributed by atoms with E-state index >= 15 is 0 Å². The molecule has 3 aromatic rings. The van der Waals surface area contributed by atoms with Gasteiger partial charge in [0.25, 0.3) is 5.91 Å². The van der Waals surface area contributed by atoms with Gasteiger partial charge in [0, 0.05) is 5.69 Å². The summed E-state index contributed by atoms with van der Waals surface area (Å²) in [5, 5.41) is 5.83. The van der Waals surface area contributed by atoms with E-state index in [0.717, 1.165) is 6.42 Å². The first-order chi connectivity index (χ1) is 14.1. The van der Waals surface area contributed by atoms with E-state index in [1.807, 2.05) is 24.3 Å². The maximum atomic E-state index is 12.4. The molecule has 0 saturated heterocycles. The first kappa shape index (κ1) is 20.0. The van der Waals surface area contributed by atoms with Crippen LogP contribution in [0.15, 0.2) is 60.9 Å². The normalized spacial score (nSPS) is 10.3. The Bertz CT molecular complexity index is 986. The predicted molar refractivity (Wildman–Crippen MR) is 111 cm³/mol. The number of amides is 1. The number of aryl methyl sites for hydroxylation is 1. The Morgan fingerprint density at radius 3 is 2.38 bits per heavy atom. The van der Waals surface area contributed by atoms with E-state index < -0.39 is 5.97 Å². The molecule has 0 aliphatic rings. The first-order valence-corrected chi connectivity index (χ1v) is 9.36. The molecule has 0 spiro atoms. The number of anilines is 3.